The molecule has 0 saturated heterocycles. The minimum absolute atomic E-state index is 0.137. The van der Waals surface area contributed by atoms with Gasteiger partial charge in [0, 0.05) is 29.4 Å². The van der Waals surface area contributed by atoms with Crippen molar-refractivity contribution in [2.45, 2.75) is 12.5 Å². The topological polar surface area (TPSA) is 33.1 Å². The molecule has 17 heavy (non-hydrogen) atoms. The molecule has 0 bridgehead atoms. The Kier molecular flexibility index (Phi) is 3.71. The van der Waals surface area contributed by atoms with Crippen LogP contribution < -0.4 is 0 Å². The van der Waals surface area contributed by atoms with E-state index in [1.54, 1.807) is 24.5 Å². The van der Waals surface area contributed by atoms with Crippen LogP contribution in [0.3, 0.4) is 0 Å². The van der Waals surface area contributed by atoms with E-state index in [0.717, 1.165) is 5.56 Å². The number of halogens is 2. The van der Waals surface area contributed by atoms with Gasteiger partial charge in [0.1, 0.15) is 5.82 Å². The molecule has 1 aromatic heterocycles. The number of aliphatic hydroxyl groups is 1. The minimum atomic E-state index is -0.965. The Bertz CT molecular complexity index is 484. The summed E-state index contributed by atoms with van der Waals surface area (Å²) in [4.78, 5) is 3.94. The molecule has 1 N–H and O–H groups in total. The fraction of sp³-hybridized carbons (Fsp3) is 0.154. The molecular weight excluding hydrogens is 241 g/mol. The molecular formula is C13H11ClFNO. The van der Waals surface area contributed by atoms with Gasteiger partial charge in [0.15, 0.2) is 0 Å². The van der Waals surface area contributed by atoms with Crippen molar-refractivity contribution in [1.82, 2.24) is 4.98 Å². The van der Waals surface area contributed by atoms with Crippen LogP contribution in [0.5, 0.6) is 0 Å². The monoisotopic (exact) mass is 251 g/mol. The van der Waals surface area contributed by atoms with E-state index in [-0.39, 0.29) is 17.0 Å². The first-order valence-corrected chi connectivity index (χ1v) is 5.57. The summed E-state index contributed by atoms with van der Waals surface area (Å²) in [6.07, 6.45) is 2.60. The van der Waals surface area contributed by atoms with Gasteiger partial charge in [-0.1, -0.05) is 23.7 Å². The smallest absolute Gasteiger partial charge is 0.130 e. The van der Waals surface area contributed by atoms with E-state index in [1.807, 2.05) is 6.07 Å². The molecule has 0 saturated carbocycles. The Labute approximate surface area is 104 Å². The lowest BCUT2D eigenvalue weighted by Crippen LogP contribution is -2.05. The number of rotatable bonds is 3. The molecule has 0 radical (unpaired) electrons. The standard InChI is InChI=1S/C13H11ClFNO/c14-10-4-1-5-11(15)13(10)12(17)7-9-3-2-6-16-8-9/h1-6,8,12,17H,7H2. The zero-order valence-corrected chi connectivity index (χ0v) is 9.73. The number of hydrogen-bond donors (Lipinski definition) is 1. The SMILES string of the molecule is OC(Cc1cccnc1)c1c(F)cccc1Cl. The summed E-state index contributed by atoms with van der Waals surface area (Å²) < 4.78 is 13.5. The predicted octanol–water partition coefficient (Wildman–Crippen LogP) is 3.15. The Morgan fingerprint density at radius 1 is 1.29 bits per heavy atom. The molecule has 0 aliphatic carbocycles. The van der Waals surface area contributed by atoms with Gasteiger partial charge in [0.2, 0.25) is 0 Å². The molecule has 4 heteroatoms. The fourth-order valence-electron chi connectivity index (χ4n) is 1.67. The lowest BCUT2D eigenvalue weighted by Gasteiger charge is -2.13. The summed E-state index contributed by atoms with van der Waals surface area (Å²) in [7, 11) is 0. The molecule has 0 aliphatic heterocycles. The summed E-state index contributed by atoms with van der Waals surface area (Å²) in [5.41, 5.74) is 0.970. The molecule has 1 aromatic carbocycles. The molecule has 88 valence electrons. The van der Waals surface area contributed by atoms with Crippen molar-refractivity contribution in [3.05, 3.63) is 64.7 Å². The quantitative estimate of drug-likeness (QED) is 0.909. The van der Waals surface area contributed by atoms with Crippen molar-refractivity contribution in [2.75, 3.05) is 0 Å². The minimum Gasteiger partial charge on any atom is -0.388 e. The molecule has 0 aliphatic rings. The average Bonchev–Trinajstić information content (AvgIpc) is 2.30. The van der Waals surface area contributed by atoms with Crippen LogP contribution >= 0.6 is 11.6 Å². The number of aliphatic hydroxyl groups excluding tert-OH is 1. The Hall–Kier alpha value is -1.45. The van der Waals surface area contributed by atoms with Crippen LogP contribution in [0.2, 0.25) is 5.02 Å². The molecule has 0 spiro atoms. The van der Waals surface area contributed by atoms with Crippen LogP contribution in [0.25, 0.3) is 0 Å². The van der Waals surface area contributed by atoms with Gasteiger partial charge in [-0.05, 0) is 23.8 Å². The van der Waals surface area contributed by atoms with Gasteiger partial charge < -0.3 is 5.11 Å². The van der Waals surface area contributed by atoms with Crippen molar-refractivity contribution in [2.24, 2.45) is 0 Å². The van der Waals surface area contributed by atoms with Crippen LogP contribution in [-0.4, -0.2) is 10.1 Å². The predicted molar refractivity (Wildman–Crippen MR) is 64.3 cm³/mol. The second-order valence-electron chi connectivity index (χ2n) is 3.72. The van der Waals surface area contributed by atoms with Crippen molar-refractivity contribution in [3.63, 3.8) is 0 Å². The van der Waals surface area contributed by atoms with E-state index in [1.165, 1.54) is 12.1 Å². The second-order valence-corrected chi connectivity index (χ2v) is 4.12. The van der Waals surface area contributed by atoms with E-state index in [0.29, 0.717) is 0 Å². The van der Waals surface area contributed by atoms with Gasteiger partial charge in [-0.15, -0.1) is 0 Å². The highest BCUT2D eigenvalue weighted by molar-refractivity contribution is 6.31. The van der Waals surface area contributed by atoms with Crippen LogP contribution in [0, 0.1) is 5.82 Å². The third kappa shape index (κ3) is 2.81. The van der Waals surface area contributed by atoms with E-state index in [9.17, 15) is 9.50 Å². The lowest BCUT2D eigenvalue weighted by molar-refractivity contribution is 0.173. The molecule has 0 fully saturated rings. The Morgan fingerprint density at radius 3 is 2.76 bits per heavy atom. The van der Waals surface area contributed by atoms with Crippen molar-refractivity contribution >= 4 is 11.6 Å². The third-order valence-electron chi connectivity index (χ3n) is 2.48. The van der Waals surface area contributed by atoms with E-state index in [4.69, 9.17) is 11.6 Å². The Morgan fingerprint density at radius 2 is 2.12 bits per heavy atom. The van der Waals surface area contributed by atoms with Crippen molar-refractivity contribution < 1.29 is 9.50 Å². The van der Waals surface area contributed by atoms with Crippen molar-refractivity contribution in [3.8, 4) is 0 Å². The summed E-state index contributed by atoms with van der Waals surface area (Å²) in [6.45, 7) is 0. The molecule has 1 atom stereocenters. The number of aromatic nitrogens is 1. The normalized spacial score (nSPS) is 12.4. The maximum atomic E-state index is 13.5. The largest absolute Gasteiger partial charge is 0.388 e. The summed E-state index contributed by atoms with van der Waals surface area (Å²) in [5, 5.41) is 10.2. The van der Waals surface area contributed by atoms with E-state index >= 15 is 0 Å². The zero-order chi connectivity index (χ0) is 12.3. The van der Waals surface area contributed by atoms with Gasteiger partial charge in [0.05, 0.1) is 6.10 Å². The fourth-order valence-corrected chi connectivity index (χ4v) is 1.96. The van der Waals surface area contributed by atoms with Gasteiger partial charge in [-0.25, -0.2) is 4.39 Å². The van der Waals surface area contributed by atoms with Crippen molar-refractivity contribution in [1.29, 1.82) is 0 Å². The molecule has 2 nitrogen and oxygen atoms in total. The molecule has 0 amide bonds. The number of hydrogen-bond acceptors (Lipinski definition) is 2. The summed E-state index contributed by atoms with van der Waals surface area (Å²) in [6, 6.07) is 7.95. The zero-order valence-electron chi connectivity index (χ0n) is 8.98. The lowest BCUT2D eigenvalue weighted by atomic mass is 10.0. The van der Waals surface area contributed by atoms with Gasteiger partial charge >= 0.3 is 0 Å². The molecule has 1 unspecified atom stereocenters. The molecule has 1 heterocycles. The molecule has 2 aromatic rings. The van der Waals surface area contributed by atoms with Crippen LogP contribution in [0.15, 0.2) is 42.7 Å². The van der Waals surface area contributed by atoms with E-state index < -0.39 is 11.9 Å². The first-order chi connectivity index (χ1) is 8.18. The first-order valence-electron chi connectivity index (χ1n) is 5.19. The highest BCUT2D eigenvalue weighted by atomic mass is 35.5. The number of benzene rings is 1. The van der Waals surface area contributed by atoms with Crippen LogP contribution in [0.4, 0.5) is 4.39 Å². The van der Waals surface area contributed by atoms with Gasteiger partial charge in [-0.2, -0.15) is 0 Å². The maximum Gasteiger partial charge on any atom is 0.130 e. The third-order valence-corrected chi connectivity index (χ3v) is 2.81. The number of nitrogens with zero attached hydrogens (tertiary/aromatic N) is 1. The second kappa shape index (κ2) is 5.25. The highest BCUT2D eigenvalue weighted by Crippen LogP contribution is 2.27. The van der Waals surface area contributed by atoms with Crippen LogP contribution in [0.1, 0.15) is 17.2 Å². The average molecular weight is 252 g/mol. The summed E-state index contributed by atoms with van der Waals surface area (Å²) in [5.74, 6) is -0.492. The maximum absolute atomic E-state index is 13.5. The highest BCUT2D eigenvalue weighted by Gasteiger charge is 2.16. The Balaban J connectivity index is 2.23. The van der Waals surface area contributed by atoms with Gasteiger partial charge in [-0.3, -0.25) is 4.98 Å². The molecule has 2 rings (SSSR count). The van der Waals surface area contributed by atoms with Gasteiger partial charge in [0.25, 0.3) is 0 Å². The first kappa shape index (κ1) is 12.0. The number of pyridine rings is 1. The van der Waals surface area contributed by atoms with E-state index in [2.05, 4.69) is 4.98 Å². The van der Waals surface area contributed by atoms with Crippen LogP contribution in [-0.2, 0) is 6.42 Å². The summed E-state index contributed by atoms with van der Waals surface area (Å²) >= 11 is 5.87.